The Bertz CT molecular complexity index is 348. The van der Waals surface area contributed by atoms with Crippen LogP contribution in [0.3, 0.4) is 0 Å². The standard InChI is InChI=1S/C21H43N3O.ClH/c1-6-7-8-9-10-11-12-13-14-15-18-24(19-16-17-23(4)5)22-21(25)20(2)3;/h2,6-19H2,1,3-5H3,(H,22,25);1H. The number of carbonyl (C=O) groups excluding carboxylic acids is 1. The lowest BCUT2D eigenvalue weighted by Gasteiger charge is -2.20. The van der Waals surface area contributed by atoms with Crippen LogP contribution in [-0.2, 0) is 4.79 Å². The van der Waals surface area contributed by atoms with Crippen LogP contribution in [0.25, 0.3) is 0 Å². The lowest BCUT2D eigenvalue weighted by molar-refractivity contribution is -0.936. The highest BCUT2D eigenvalue weighted by molar-refractivity contribution is 5.91. The number of unbranched alkanes of at least 4 members (excludes halogenated alkanes) is 9. The van der Waals surface area contributed by atoms with Gasteiger partial charge in [0.1, 0.15) is 6.54 Å². The summed E-state index contributed by atoms with van der Waals surface area (Å²) in [5.41, 5.74) is 3.67. The summed E-state index contributed by atoms with van der Waals surface area (Å²) < 4.78 is 0. The number of nitrogens with one attached hydrogen (secondary N) is 2. The zero-order valence-corrected chi connectivity index (χ0v) is 18.6. The predicted octanol–water partition coefficient (Wildman–Crippen LogP) is 0.355. The van der Waals surface area contributed by atoms with Gasteiger partial charge >= 0.3 is 0 Å². The number of carbonyl (C=O) groups is 1. The molecule has 0 aromatic rings. The second kappa shape index (κ2) is 19.2. The molecule has 0 aliphatic rings. The summed E-state index contributed by atoms with van der Waals surface area (Å²) in [6, 6.07) is 0. The van der Waals surface area contributed by atoms with Crippen molar-refractivity contribution in [2.45, 2.75) is 84.5 Å². The zero-order valence-electron chi connectivity index (χ0n) is 17.8. The van der Waals surface area contributed by atoms with E-state index in [9.17, 15) is 4.79 Å². The quantitative estimate of drug-likeness (QED) is 0.214. The Hall–Kier alpha value is -0.580. The average Bonchev–Trinajstić information content (AvgIpc) is 2.55. The molecule has 0 fully saturated rings. The van der Waals surface area contributed by atoms with Gasteiger partial charge in [-0.1, -0.05) is 64.9 Å². The van der Waals surface area contributed by atoms with E-state index in [0.29, 0.717) is 5.57 Å². The monoisotopic (exact) mass is 389 g/mol. The van der Waals surface area contributed by atoms with Gasteiger partial charge in [-0.2, -0.15) is 5.43 Å². The van der Waals surface area contributed by atoms with Crippen molar-refractivity contribution < 1.29 is 22.2 Å². The topological polar surface area (TPSA) is 36.8 Å². The fourth-order valence-corrected chi connectivity index (χ4v) is 2.95. The molecule has 0 rings (SSSR count). The largest absolute Gasteiger partial charge is 1.00 e. The first kappa shape index (κ1) is 27.6. The Morgan fingerprint density at radius 3 is 1.81 bits per heavy atom. The first-order valence-electron chi connectivity index (χ1n) is 10.4. The SMILES string of the molecule is C=C(C)C(=O)N[NH+](CCCCCCCCCCCC)CCCN(C)C.[Cl-]. The van der Waals surface area contributed by atoms with E-state index in [4.69, 9.17) is 0 Å². The van der Waals surface area contributed by atoms with Crippen LogP contribution in [-0.4, -0.2) is 44.5 Å². The van der Waals surface area contributed by atoms with Crippen LogP contribution in [0.4, 0.5) is 0 Å². The molecule has 156 valence electrons. The summed E-state index contributed by atoms with van der Waals surface area (Å²) in [5.74, 6) is -0.0214. The lowest BCUT2D eigenvalue weighted by atomic mass is 10.1. The number of hydrogen-bond acceptors (Lipinski definition) is 2. The van der Waals surface area contributed by atoms with Crippen LogP contribution < -0.4 is 22.8 Å². The molecule has 26 heavy (non-hydrogen) atoms. The van der Waals surface area contributed by atoms with Gasteiger partial charge in [0, 0.05) is 18.5 Å². The fraction of sp³-hybridized carbons (Fsp3) is 0.857. The maximum Gasteiger partial charge on any atom is 0.290 e. The molecular weight excluding hydrogens is 346 g/mol. The van der Waals surface area contributed by atoms with Crippen LogP contribution in [0.1, 0.15) is 84.5 Å². The molecule has 1 atom stereocenters. The van der Waals surface area contributed by atoms with Gasteiger partial charge in [-0.25, -0.2) is 5.01 Å². The molecule has 5 heteroatoms. The van der Waals surface area contributed by atoms with Crippen molar-refractivity contribution in [2.75, 3.05) is 33.7 Å². The molecule has 2 N–H and O–H groups in total. The summed E-state index contributed by atoms with van der Waals surface area (Å²) in [6.45, 7) is 10.8. The second-order valence-electron chi connectivity index (χ2n) is 7.68. The highest BCUT2D eigenvalue weighted by Crippen LogP contribution is 2.09. The van der Waals surface area contributed by atoms with Gasteiger partial charge in [-0.15, -0.1) is 0 Å². The van der Waals surface area contributed by atoms with E-state index in [-0.39, 0.29) is 18.3 Å². The molecule has 0 aromatic heterocycles. The van der Waals surface area contributed by atoms with Crippen molar-refractivity contribution >= 4 is 5.91 Å². The van der Waals surface area contributed by atoms with Crippen molar-refractivity contribution in [1.29, 1.82) is 0 Å². The van der Waals surface area contributed by atoms with Crippen molar-refractivity contribution in [2.24, 2.45) is 0 Å². The van der Waals surface area contributed by atoms with Crippen molar-refractivity contribution in [3.63, 3.8) is 0 Å². The number of amides is 1. The van der Waals surface area contributed by atoms with Crippen LogP contribution >= 0.6 is 0 Å². The average molecular weight is 390 g/mol. The van der Waals surface area contributed by atoms with Crippen LogP contribution in [0, 0.1) is 0 Å². The Labute approximate surface area is 169 Å². The molecule has 1 amide bonds. The highest BCUT2D eigenvalue weighted by Gasteiger charge is 2.13. The number of quaternary nitrogens is 1. The number of halogens is 1. The van der Waals surface area contributed by atoms with Gasteiger partial charge in [0.2, 0.25) is 0 Å². The number of hydrogen-bond donors (Lipinski definition) is 2. The minimum absolute atomic E-state index is 0. The molecule has 0 aliphatic carbocycles. The van der Waals surface area contributed by atoms with Crippen LogP contribution in [0.15, 0.2) is 12.2 Å². The second-order valence-corrected chi connectivity index (χ2v) is 7.68. The van der Waals surface area contributed by atoms with E-state index >= 15 is 0 Å². The van der Waals surface area contributed by atoms with Crippen molar-refractivity contribution in [3.05, 3.63) is 12.2 Å². The molecular formula is C21H44ClN3O. The summed E-state index contributed by atoms with van der Waals surface area (Å²) in [5, 5.41) is 1.19. The summed E-state index contributed by atoms with van der Waals surface area (Å²) in [4.78, 5) is 14.1. The van der Waals surface area contributed by atoms with E-state index in [1.165, 1.54) is 69.2 Å². The smallest absolute Gasteiger partial charge is 0.290 e. The first-order valence-corrected chi connectivity index (χ1v) is 10.4. The molecule has 0 saturated heterocycles. The number of rotatable bonds is 17. The van der Waals surface area contributed by atoms with E-state index in [2.05, 4.69) is 37.9 Å². The third kappa shape index (κ3) is 18.2. The minimum atomic E-state index is -0.0214. The molecule has 0 bridgehead atoms. The van der Waals surface area contributed by atoms with E-state index in [0.717, 1.165) is 26.1 Å². The Balaban J connectivity index is 0. The van der Waals surface area contributed by atoms with E-state index in [1.807, 2.05) is 0 Å². The molecule has 0 aromatic carbocycles. The van der Waals surface area contributed by atoms with Crippen molar-refractivity contribution in [1.82, 2.24) is 10.3 Å². The maximum absolute atomic E-state index is 11.9. The first-order chi connectivity index (χ1) is 12.0. The van der Waals surface area contributed by atoms with Gasteiger partial charge in [0.15, 0.2) is 0 Å². The van der Waals surface area contributed by atoms with Gasteiger partial charge in [0.25, 0.3) is 5.91 Å². The zero-order chi connectivity index (χ0) is 18.9. The normalized spacial score (nSPS) is 11.9. The highest BCUT2D eigenvalue weighted by atomic mass is 35.5. The number of nitrogens with zero attached hydrogens (tertiary/aromatic N) is 1. The molecule has 0 aliphatic heterocycles. The predicted molar refractivity (Wildman–Crippen MR) is 109 cm³/mol. The van der Waals surface area contributed by atoms with Crippen molar-refractivity contribution in [3.8, 4) is 0 Å². The summed E-state index contributed by atoms with van der Waals surface area (Å²) in [7, 11) is 4.18. The minimum Gasteiger partial charge on any atom is -1.00 e. The Morgan fingerprint density at radius 1 is 0.885 bits per heavy atom. The Morgan fingerprint density at radius 2 is 1.35 bits per heavy atom. The summed E-state index contributed by atoms with van der Waals surface area (Å²) in [6.07, 6.45) is 14.6. The fourth-order valence-electron chi connectivity index (χ4n) is 2.95. The molecule has 0 spiro atoms. The van der Waals surface area contributed by atoms with E-state index in [1.54, 1.807) is 6.92 Å². The van der Waals surface area contributed by atoms with Crippen LogP contribution in [0.2, 0.25) is 0 Å². The summed E-state index contributed by atoms with van der Waals surface area (Å²) >= 11 is 0. The molecule has 1 unspecified atom stereocenters. The van der Waals surface area contributed by atoms with Gasteiger partial charge in [-0.3, -0.25) is 4.79 Å². The van der Waals surface area contributed by atoms with E-state index < -0.39 is 0 Å². The molecule has 0 saturated carbocycles. The van der Waals surface area contributed by atoms with Crippen LogP contribution in [0.5, 0.6) is 0 Å². The lowest BCUT2D eigenvalue weighted by Crippen LogP contribution is -3.19. The third-order valence-electron chi connectivity index (χ3n) is 4.59. The molecule has 0 radical (unpaired) electrons. The van der Waals surface area contributed by atoms with Gasteiger partial charge < -0.3 is 17.3 Å². The van der Waals surface area contributed by atoms with Gasteiger partial charge in [-0.05, 0) is 33.9 Å². The molecule has 0 heterocycles. The van der Waals surface area contributed by atoms with Gasteiger partial charge in [0.05, 0.1) is 6.54 Å². The molecule has 4 nitrogen and oxygen atoms in total. The Kier molecular flexibility index (Phi) is 20.4. The third-order valence-corrected chi connectivity index (χ3v) is 4.59. The maximum atomic E-state index is 11.9.